The second-order valence-electron chi connectivity index (χ2n) is 17.9. The Bertz CT molecular complexity index is 4580. The molecule has 0 amide bonds. The Balaban J connectivity index is 0.992. The van der Waals surface area contributed by atoms with E-state index in [0.29, 0.717) is 17.6 Å². The molecule has 0 spiro atoms. The third kappa shape index (κ3) is 5.63. The number of hydrogen-bond donors (Lipinski definition) is 0. The first-order valence-corrected chi connectivity index (χ1v) is 23.3. The molecular weight excluding hydrogens is 843 g/mol. The van der Waals surface area contributed by atoms with E-state index in [-0.39, 0.29) is 0 Å². The fourth-order valence-corrected chi connectivity index (χ4v) is 11.1. The molecule has 11 aromatic carbocycles. The van der Waals surface area contributed by atoms with E-state index < -0.39 is 0 Å². The van der Waals surface area contributed by atoms with Gasteiger partial charge in [-0.2, -0.15) is 9.97 Å². The average Bonchev–Trinajstić information content (AvgIpc) is 4.09. The van der Waals surface area contributed by atoms with Crippen LogP contribution in [0.2, 0.25) is 0 Å². The Labute approximate surface area is 394 Å². The molecule has 15 rings (SSSR count). The number of aromatic nitrogens is 5. The van der Waals surface area contributed by atoms with Gasteiger partial charge in [0.1, 0.15) is 11.2 Å². The molecule has 0 fully saturated rings. The molecule has 4 heterocycles. The number of fused-ring (bicyclic) bond motifs is 16. The summed E-state index contributed by atoms with van der Waals surface area (Å²) in [5.41, 5.74) is 11.0. The predicted octanol–water partition coefficient (Wildman–Crippen LogP) is 16.4. The van der Waals surface area contributed by atoms with E-state index >= 15 is 0 Å². The van der Waals surface area contributed by atoms with Crippen LogP contribution in [0.1, 0.15) is 0 Å². The van der Waals surface area contributed by atoms with Gasteiger partial charge in [-0.3, -0.25) is 4.57 Å². The van der Waals surface area contributed by atoms with Crippen LogP contribution in [-0.2, 0) is 0 Å². The van der Waals surface area contributed by atoms with Crippen molar-refractivity contribution < 1.29 is 4.42 Å². The van der Waals surface area contributed by atoms with Crippen LogP contribution in [0.15, 0.2) is 229 Å². The molecule has 0 atom stereocenters. The molecule has 0 radical (unpaired) electrons. The van der Waals surface area contributed by atoms with Gasteiger partial charge in [0.2, 0.25) is 5.95 Å². The first-order chi connectivity index (χ1) is 34.2. The third-order valence-corrected chi connectivity index (χ3v) is 14.1. The first kappa shape index (κ1) is 37.8. The highest BCUT2D eigenvalue weighted by Gasteiger charge is 2.24. The summed E-state index contributed by atoms with van der Waals surface area (Å²) < 4.78 is 11.1. The summed E-state index contributed by atoms with van der Waals surface area (Å²) in [6.07, 6.45) is 0. The molecule has 0 aliphatic heterocycles. The van der Waals surface area contributed by atoms with Gasteiger partial charge in [-0.25, -0.2) is 4.98 Å². The van der Waals surface area contributed by atoms with E-state index in [1.54, 1.807) is 0 Å². The van der Waals surface area contributed by atoms with E-state index in [9.17, 15) is 0 Å². The van der Waals surface area contributed by atoms with Gasteiger partial charge in [0, 0.05) is 49.1 Å². The smallest absolute Gasteiger partial charge is 0.238 e. The summed E-state index contributed by atoms with van der Waals surface area (Å²) in [6, 6.07) is 79.9. The number of furan rings is 1. The summed E-state index contributed by atoms with van der Waals surface area (Å²) in [6.45, 7) is 0. The zero-order valence-electron chi connectivity index (χ0n) is 37.0. The van der Waals surface area contributed by atoms with Crippen molar-refractivity contribution in [1.82, 2.24) is 24.1 Å². The topological polar surface area (TPSA) is 61.7 Å². The van der Waals surface area contributed by atoms with Gasteiger partial charge in [-0.1, -0.05) is 176 Å². The maximum Gasteiger partial charge on any atom is 0.238 e. The van der Waals surface area contributed by atoms with Gasteiger partial charge in [0.15, 0.2) is 11.6 Å². The molecule has 0 aliphatic rings. The zero-order valence-corrected chi connectivity index (χ0v) is 37.0. The van der Waals surface area contributed by atoms with Crippen LogP contribution >= 0.6 is 0 Å². The summed E-state index contributed by atoms with van der Waals surface area (Å²) in [5.74, 6) is 1.68. The van der Waals surface area contributed by atoms with Crippen LogP contribution in [0.25, 0.3) is 143 Å². The summed E-state index contributed by atoms with van der Waals surface area (Å²) >= 11 is 0. The lowest BCUT2D eigenvalue weighted by Gasteiger charge is -2.15. The van der Waals surface area contributed by atoms with Crippen molar-refractivity contribution in [3.8, 4) is 45.5 Å². The molecule has 0 N–H and O–H groups in total. The molecule has 0 saturated carbocycles. The van der Waals surface area contributed by atoms with Crippen molar-refractivity contribution in [1.29, 1.82) is 0 Å². The number of benzene rings is 11. The van der Waals surface area contributed by atoms with E-state index in [1.807, 2.05) is 36.4 Å². The molecule has 0 unspecified atom stereocenters. The molecule has 15 aromatic rings. The molecule has 4 aromatic heterocycles. The number of nitrogens with zero attached hydrogens (tertiary/aromatic N) is 5. The maximum atomic E-state index is 6.39. The molecule has 6 nitrogen and oxygen atoms in total. The lowest BCUT2D eigenvalue weighted by atomic mass is 9.92. The van der Waals surface area contributed by atoms with Crippen molar-refractivity contribution in [3.05, 3.63) is 224 Å². The van der Waals surface area contributed by atoms with Crippen LogP contribution < -0.4 is 0 Å². The van der Waals surface area contributed by atoms with Gasteiger partial charge >= 0.3 is 0 Å². The monoisotopic (exact) mass is 879 g/mol. The van der Waals surface area contributed by atoms with Crippen molar-refractivity contribution in [2.45, 2.75) is 0 Å². The average molecular weight is 880 g/mol. The van der Waals surface area contributed by atoms with Gasteiger partial charge in [0.05, 0.1) is 22.1 Å². The minimum Gasteiger partial charge on any atom is -0.456 e. The van der Waals surface area contributed by atoms with Crippen molar-refractivity contribution in [3.63, 3.8) is 0 Å². The minimum absolute atomic E-state index is 0.531. The standard InChI is InChI=1S/C63H37N5O/c1-2-15-38(16-3-1)61-64-62(41-30-32-51-50-25-10-13-28-57(50)69-58(51)37-41)66-63(65-61)68-56-27-12-9-24-49(56)53-34-33-52-48-23-8-11-26-55(48)67(59(52)60(53)68)42-18-14-17-39(35-42)40-29-31-47-45-21-5-4-19-43(45)44-20-6-7-22-46(44)54(47)36-40/h1-37H. The maximum absolute atomic E-state index is 6.39. The highest BCUT2D eigenvalue weighted by atomic mass is 16.3. The highest BCUT2D eigenvalue weighted by Crippen LogP contribution is 2.43. The summed E-state index contributed by atoms with van der Waals surface area (Å²) in [7, 11) is 0. The Morgan fingerprint density at radius 3 is 1.46 bits per heavy atom. The molecule has 0 bridgehead atoms. The largest absolute Gasteiger partial charge is 0.456 e. The van der Waals surface area contributed by atoms with Gasteiger partial charge in [-0.05, 0) is 92.0 Å². The highest BCUT2D eigenvalue weighted by molar-refractivity contribution is 6.26. The first-order valence-electron chi connectivity index (χ1n) is 23.3. The van der Waals surface area contributed by atoms with Gasteiger partial charge in [-0.15, -0.1) is 0 Å². The fourth-order valence-electron chi connectivity index (χ4n) is 11.1. The van der Waals surface area contributed by atoms with Crippen molar-refractivity contribution >= 4 is 97.9 Å². The number of para-hydroxylation sites is 3. The SMILES string of the molecule is c1ccc(-c2nc(-c3ccc4c(c3)oc3ccccc34)nc(-n3c4ccccc4c4ccc5c6ccccc6n(-c6cccc(-c7ccc8c9ccccc9c9ccccc9c8c7)c6)c5c43)n2)cc1. The molecule has 69 heavy (non-hydrogen) atoms. The van der Waals surface area contributed by atoms with E-state index in [0.717, 1.165) is 88.1 Å². The second kappa shape index (κ2) is 14.6. The molecule has 6 heteroatoms. The molecular formula is C63H37N5O. The van der Waals surface area contributed by atoms with Crippen LogP contribution in [0.4, 0.5) is 0 Å². The number of hydrogen-bond acceptors (Lipinski definition) is 4. The van der Waals surface area contributed by atoms with Crippen LogP contribution in [0, 0.1) is 0 Å². The van der Waals surface area contributed by atoms with Crippen molar-refractivity contribution in [2.75, 3.05) is 0 Å². The molecule has 0 saturated heterocycles. The van der Waals surface area contributed by atoms with E-state index in [4.69, 9.17) is 19.4 Å². The van der Waals surface area contributed by atoms with Crippen molar-refractivity contribution in [2.24, 2.45) is 0 Å². The Morgan fingerprint density at radius 2 is 0.754 bits per heavy atom. The Morgan fingerprint density at radius 1 is 0.275 bits per heavy atom. The quantitative estimate of drug-likeness (QED) is 0.162. The lowest BCUT2D eigenvalue weighted by Crippen LogP contribution is -2.07. The Hall–Kier alpha value is -9.39. The molecule has 0 aliphatic carbocycles. The third-order valence-electron chi connectivity index (χ3n) is 14.1. The fraction of sp³-hybridized carbons (Fsp3) is 0. The van der Waals surface area contributed by atoms with Crippen LogP contribution in [-0.4, -0.2) is 24.1 Å². The van der Waals surface area contributed by atoms with E-state index in [2.05, 4.69) is 197 Å². The second-order valence-corrected chi connectivity index (χ2v) is 17.9. The minimum atomic E-state index is 0.531. The van der Waals surface area contributed by atoms with Gasteiger partial charge < -0.3 is 8.98 Å². The van der Waals surface area contributed by atoms with E-state index in [1.165, 1.54) is 37.7 Å². The molecule has 320 valence electrons. The van der Waals surface area contributed by atoms with Crippen LogP contribution in [0.5, 0.6) is 0 Å². The Kier molecular flexibility index (Phi) is 7.97. The summed E-state index contributed by atoms with van der Waals surface area (Å²) in [4.78, 5) is 15.9. The van der Waals surface area contributed by atoms with Gasteiger partial charge in [0.25, 0.3) is 0 Å². The predicted molar refractivity (Wildman–Crippen MR) is 285 cm³/mol. The zero-order chi connectivity index (χ0) is 45.2. The summed E-state index contributed by atoms with van der Waals surface area (Å²) in [5, 5.41) is 14.2. The lowest BCUT2D eigenvalue weighted by molar-refractivity contribution is 0.669. The normalized spacial score (nSPS) is 12.1. The van der Waals surface area contributed by atoms with Crippen LogP contribution in [0.3, 0.4) is 0 Å². The number of rotatable bonds is 5.